The SMILES string of the molecule is CC(C)[C@H](NC(=O)CCOCCOCCOCCOCCNC(=O)COC1C#CCCCCC1)C(=O)N[C@@H](CCCNC(N)=O)C(=O)Nc1ccc(COC(=O)NCC(=O)NCOCC(=O)O)cc1. The molecule has 0 saturated heterocycles. The number of benzene rings is 1. The third-order valence-electron chi connectivity index (χ3n) is 9.55. The van der Waals surface area contributed by atoms with E-state index in [0.29, 0.717) is 50.8 Å². The Balaban J connectivity index is 1.65. The molecule has 1 aromatic rings. The number of nitrogens with two attached hydrogens (primary N) is 1. The van der Waals surface area contributed by atoms with Crippen LogP contribution in [0.4, 0.5) is 15.3 Å². The summed E-state index contributed by atoms with van der Waals surface area (Å²) in [6.07, 6.45) is 4.27. The number of urea groups is 1. The zero-order valence-corrected chi connectivity index (χ0v) is 39.5. The fourth-order valence-electron chi connectivity index (χ4n) is 5.95. The molecule has 2 rings (SSSR count). The highest BCUT2D eigenvalue weighted by Crippen LogP contribution is 2.14. The fourth-order valence-corrected chi connectivity index (χ4v) is 5.95. The van der Waals surface area contributed by atoms with Crippen molar-refractivity contribution in [3.8, 4) is 11.8 Å². The van der Waals surface area contributed by atoms with Gasteiger partial charge in [0.2, 0.25) is 29.5 Å². The number of anilines is 1. The molecule has 1 aliphatic rings. The van der Waals surface area contributed by atoms with Crippen molar-refractivity contribution in [2.24, 2.45) is 11.7 Å². The number of hydrogen-bond acceptors (Lipinski definition) is 15. The van der Waals surface area contributed by atoms with Crippen molar-refractivity contribution in [1.29, 1.82) is 0 Å². The molecular formula is C45H70N8O16. The van der Waals surface area contributed by atoms with E-state index in [1.54, 1.807) is 38.1 Å². The predicted octanol–water partition coefficient (Wildman–Crippen LogP) is 0.0257. The van der Waals surface area contributed by atoms with Crippen LogP contribution in [0.25, 0.3) is 0 Å². The lowest BCUT2D eigenvalue weighted by Gasteiger charge is -2.25. The van der Waals surface area contributed by atoms with E-state index in [-0.39, 0.29) is 83.5 Å². The van der Waals surface area contributed by atoms with Crippen molar-refractivity contribution < 1.29 is 76.6 Å². The monoisotopic (exact) mass is 978 g/mol. The van der Waals surface area contributed by atoms with Gasteiger partial charge in [0, 0.05) is 31.6 Å². The predicted molar refractivity (Wildman–Crippen MR) is 247 cm³/mol. The summed E-state index contributed by atoms with van der Waals surface area (Å²) in [4.78, 5) is 97.1. The van der Waals surface area contributed by atoms with Crippen LogP contribution in [0.2, 0.25) is 0 Å². The fraction of sp³-hybridized carbons (Fsp3) is 0.644. The van der Waals surface area contributed by atoms with Gasteiger partial charge in [0.1, 0.15) is 51.3 Å². The summed E-state index contributed by atoms with van der Waals surface area (Å²) >= 11 is 0. The zero-order valence-electron chi connectivity index (χ0n) is 39.5. The number of carboxylic acids is 1. The summed E-state index contributed by atoms with van der Waals surface area (Å²) < 4.78 is 37.4. The first-order valence-corrected chi connectivity index (χ1v) is 22.9. The summed E-state index contributed by atoms with van der Waals surface area (Å²) in [7, 11) is 0. The molecule has 0 fully saturated rings. The largest absolute Gasteiger partial charge is 0.480 e. The number of carbonyl (C=O) groups excluding carboxylic acids is 7. The van der Waals surface area contributed by atoms with Crippen molar-refractivity contribution in [1.82, 2.24) is 31.9 Å². The molecule has 1 unspecified atom stereocenters. The van der Waals surface area contributed by atoms with E-state index < -0.39 is 67.0 Å². The van der Waals surface area contributed by atoms with E-state index in [4.69, 9.17) is 39.3 Å². The minimum Gasteiger partial charge on any atom is -0.480 e. The van der Waals surface area contributed by atoms with Gasteiger partial charge in [-0.3, -0.25) is 24.0 Å². The van der Waals surface area contributed by atoms with Gasteiger partial charge in [0.25, 0.3) is 0 Å². The topological polar surface area (TPSA) is 332 Å². The number of hydrogen-bond donors (Lipinski definition) is 9. The number of carbonyl (C=O) groups is 8. The molecule has 0 heterocycles. The van der Waals surface area contributed by atoms with Crippen LogP contribution in [0.1, 0.15) is 70.8 Å². The summed E-state index contributed by atoms with van der Waals surface area (Å²) in [5.41, 5.74) is 6.06. The summed E-state index contributed by atoms with van der Waals surface area (Å²) in [5, 5.41) is 26.4. The molecule has 0 spiro atoms. The number of carboxylic acid groups (broad SMARTS) is 1. The van der Waals surface area contributed by atoms with Gasteiger partial charge in [-0.25, -0.2) is 14.4 Å². The maximum Gasteiger partial charge on any atom is 0.407 e. The number of alkyl carbamates (subject to hydrolysis) is 1. The summed E-state index contributed by atoms with van der Waals surface area (Å²) in [5.74, 6) is 2.16. The Labute approximate surface area is 402 Å². The highest BCUT2D eigenvalue weighted by atomic mass is 16.6. The Morgan fingerprint density at radius 2 is 1.41 bits per heavy atom. The van der Waals surface area contributed by atoms with Crippen molar-refractivity contribution in [2.45, 2.75) is 90.0 Å². The van der Waals surface area contributed by atoms with Crippen molar-refractivity contribution in [3.05, 3.63) is 29.8 Å². The first kappa shape index (κ1) is 59.0. The van der Waals surface area contributed by atoms with Gasteiger partial charge in [-0.1, -0.05) is 38.3 Å². The second-order valence-corrected chi connectivity index (χ2v) is 15.7. The molecule has 1 aromatic carbocycles. The zero-order chi connectivity index (χ0) is 50.5. The Kier molecular flexibility index (Phi) is 31.5. The van der Waals surface area contributed by atoms with E-state index in [1.165, 1.54) is 0 Å². The first-order valence-electron chi connectivity index (χ1n) is 22.9. The molecule has 3 atom stereocenters. The molecule has 69 heavy (non-hydrogen) atoms. The summed E-state index contributed by atoms with van der Waals surface area (Å²) in [6.45, 7) is 4.67. The maximum absolute atomic E-state index is 13.5. The lowest BCUT2D eigenvalue weighted by atomic mass is 10.0. The highest BCUT2D eigenvalue weighted by molar-refractivity contribution is 5.98. The molecule has 0 saturated carbocycles. The van der Waals surface area contributed by atoms with E-state index in [2.05, 4.69) is 53.8 Å². The quantitative estimate of drug-likeness (QED) is 0.0243. The van der Waals surface area contributed by atoms with E-state index in [9.17, 15) is 38.4 Å². The highest BCUT2D eigenvalue weighted by Gasteiger charge is 2.29. The van der Waals surface area contributed by atoms with Gasteiger partial charge in [0.15, 0.2) is 0 Å². The van der Waals surface area contributed by atoms with Crippen molar-refractivity contribution >= 4 is 53.3 Å². The van der Waals surface area contributed by atoms with E-state index in [1.807, 2.05) is 0 Å². The van der Waals surface area contributed by atoms with Crippen LogP contribution in [0.5, 0.6) is 0 Å². The molecule has 386 valence electrons. The smallest absolute Gasteiger partial charge is 0.407 e. The molecule has 0 radical (unpaired) electrons. The van der Waals surface area contributed by atoms with Crippen LogP contribution >= 0.6 is 0 Å². The van der Waals surface area contributed by atoms with Gasteiger partial charge >= 0.3 is 18.1 Å². The van der Waals surface area contributed by atoms with Gasteiger partial charge in [0.05, 0.1) is 52.9 Å². The average Bonchev–Trinajstić information content (AvgIpc) is 3.30. The van der Waals surface area contributed by atoms with E-state index >= 15 is 0 Å². The van der Waals surface area contributed by atoms with Gasteiger partial charge in [-0.2, -0.15) is 0 Å². The van der Waals surface area contributed by atoms with Crippen LogP contribution in [-0.2, 0) is 68.5 Å². The number of nitrogens with one attached hydrogen (secondary N) is 7. The number of aliphatic carboxylic acids is 1. The first-order chi connectivity index (χ1) is 33.2. The second kappa shape index (κ2) is 36.9. The molecule has 24 nitrogen and oxygen atoms in total. The summed E-state index contributed by atoms with van der Waals surface area (Å²) in [6, 6.07) is 3.45. The van der Waals surface area contributed by atoms with Crippen molar-refractivity contribution in [2.75, 3.05) is 97.8 Å². The van der Waals surface area contributed by atoms with Crippen molar-refractivity contribution in [3.63, 3.8) is 0 Å². The third kappa shape index (κ3) is 30.8. The Morgan fingerprint density at radius 1 is 0.725 bits per heavy atom. The molecule has 10 N–H and O–H groups in total. The number of rotatable bonds is 36. The average molecular weight is 979 g/mol. The van der Waals surface area contributed by atoms with Crippen LogP contribution < -0.4 is 43.0 Å². The molecule has 8 amide bonds. The molecule has 1 aliphatic carbocycles. The lowest BCUT2D eigenvalue weighted by Crippen LogP contribution is -2.54. The maximum atomic E-state index is 13.5. The Bertz CT molecular complexity index is 1790. The minimum absolute atomic E-state index is 0.0299. The molecule has 0 aliphatic heterocycles. The normalized spacial score (nSPS) is 14.0. The van der Waals surface area contributed by atoms with Crippen LogP contribution in [0.3, 0.4) is 0 Å². The molecular weight excluding hydrogens is 909 g/mol. The second-order valence-electron chi connectivity index (χ2n) is 15.7. The van der Waals surface area contributed by atoms with Crippen LogP contribution in [0, 0.1) is 17.8 Å². The lowest BCUT2D eigenvalue weighted by molar-refractivity contribution is -0.143. The molecule has 0 aromatic heterocycles. The number of amides is 8. The third-order valence-corrected chi connectivity index (χ3v) is 9.55. The Hall–Kier alpha value is -6.10. The van der Waals surface area contributed by atoms with E-state index in [0.717, 1.165) is 32.1 Å². The molecule has 0 bridgehead atoms. The standard InChI is InChI=1S/C45H70N8O16/c1-32(2)41(53-37(54)16-19-63-21-23-65-25-26-66-24-22-64-20-18-47-39(56)29-68-35-9-6-4-3-5-7-10-35)43(60)52-36(11-8-17-48-44(46)61)42(59)51-34-14-12-33(13-15-34)28-69-45(62)49-27-38(55)50-31-67-30-40(57)58/h12-15,32,35-36,41H,3-6,8-9,11,16-31H2,1-2H3,(H,47,56)(H,49,62)(H,50,55)(H,51,59)(H,52,60)(H,53,54)(H,57,58)(H3,46,48,61)/t35?,36-,41-/m0/s1. The van der Waals surface area contributed by atoms with Crippen LogP contribution in [0.15, 0.2) is 24.3 Å². The van der Waals surface area contributed by atoms with Gasteiger partial charge < -0.3 is 81.2 Å². The Morgan fingerprint density at radius 3 is 2.07 bits per heavy atom. The number of primary amides is 1. The number of ether oxygens (including phenoxy) is 7. The minimum atomic E-state index is -1.20. The van der Waals surface area contributed by atoms with Gasteiger partial charge in [-0.15, -0.1) is 5.92 Å². The van der Waals surface area contributed by atoms with Crippen LogP contribution in [-0.4, -0.2) is 163 Å². The van der Waals surface area contributed by atoms with Gasteiger partial charge in [-0.05, 0) is 55.7 Å². The molecule has 24 heteroatoms.